The van der Waals surface area contributed by atoms with Crippen molar-refractivity contribution in [3.63, 3.8) is 0 Å². The Hall–Kier alpha value is -0.900. The summed E-state index contributed by atoms with van der Waals surface area (Å²) in [4.78, 5) is 0. The molecule has 15 heavy (non-hydrogen) atoms. The summed E-state index contributed by atoms with van der Waals surface area (Å²) < 4.78 is 5.70. The van der Waals surface area contributed by atoms with Gasteiger partial charge in [-0.05, 0) is 26.3 Å². The van der Waals surface area contributed by atoms with Crippen LogP contribution >= 0.6 is 0 Å². The van der Waals surface area contributed by atoms with E-state index in [-0.39, 0.29) is 6.04 Å². The maximum Gasteiger partial charge on any atom is 0.233 e. The summed E-state index contributed by atoms with van der Waals surface area (Å²) in [6.45, 7) is 5.04. The molecule has 1 aliphatic carbocycles. The molecule has 0 aliphatic heterocycles. The molecule has 1 aromatic heterocycles. The van der Waals surface area contributed by atoms with E-state index in [4.69, 9.17) is 4.42 Å². The highest BCUT2D eigenvalue weighted by atomic mass is 16.4. The molecule has 4 heteroatoms. The second kappa shape index (κ2) is 4.75. The molecule has 1 N–H and O–H groups in total. The van der Waals surface area contributed by atoms with Crippen LogP contribution in [0.3, 0.4) is 0 Å². The van der Waals surface area contributed by atoms with Crippen molar-refractivity contribution in [1.29, 1.82) is 0 Å². The largest absolute Gasteiger partial charge is 0.423 e. The summed E-state index contributed by atoms with van der Waals surface area (Å²) in [6.07, 6.45) is 5.00. The predicted octanol–water partition coefficient (Wildman–Crippen LogP) is 2.40. The van der Waals surface area contributed by atoms with E-state index >= 15 is 0 Å². The molecule has 0 radical (unpaired) electrons. The first-order valence-corrected chi connectivity index (χ1v) is 5.88. The van der Waals surface area contributed by atoms with Crippen LogP contribution in [0.15, 0.2) is 4.42 Å². The highest BCUT2D eigenvalue weighted by Gasteiger charge is 2.23. The van der Waals surface area contributed by atoms with E-state index in [1.165, 1.54) is 25.7 Å². The summed E-state index contributed by atoms with van der Waals surface area (Å²) >= 11 is 0. The Morgan fingerprint density at radius 1 is 1.40 bits per heavy atom. The lowest BCUT2D eigenvalue weighted by atomic mass is 10.1. The molecule has 0 amide bonds. The van der Waals surface area contributed by atoms with Gasteiger partial charge in [0.25, 0.3) is 0 Å². The Bertz CT molecular complexity index is 305. The predicted molar refractivity (Wildman–Crippen MR) is 57.6 cm³/mol. The van der Waals surface area contributed by atoms with Gasteiger partial charge in [-0.1, -0.05) is 19.8 Å². The molecular weight excluding hydrogens is 190 g/mol. The molecule has 1 atom stereocenters. The zero-order valence-electron chi connectivity index (χ0n) is 9.49. The van der Waals surface area contributed by atoms with Gasteiger partial charge in [-0.15, -0.1) is 10.2 Å². The van der Waals surface area contributed by atoms with Crippen LogP contribution in [0.5, 0.6) is 0 Å². The van der Waals surface area contributed by atoms with Crippen molar-refractivity contribution in [1.82, 2.24) is 15.5 Å². The lowest BCUT2D eigenvalue weighted by Crippen LogP contribution is -2.17. The second-order valence-corrected chi connectivity index (χ2v) is 4.24. The molecule has 1 aliphatic rings. The molecule has 0 spiro atoms. The van der Waals surface area contributed by atoms with E-state index in [1.807, 2.05) is 0 Å². The number of hydrogen-bond acceptors (Lipinski definition) is 4. The maximum atomic E-state index is 5.70. The summed E-state index contributed by atoms with van der Waals surface area (Å²) in [6, 6.07) is 0.164. The van der Waals surface area contributed by atoms with Crippen molar-refractivity contribution in [2.24, 2.45) is 0 Å². The fraction of sp³-hybridized carbons (Fsp3) is 0.818. The van der Waals surface area contributed by atoms with Crippen molar-refractivity contribution in [3.8, 4) is 0 Å². The second-order valence-electron chi connectivity index (χ2n) is 4.24. The smallest absolute Gasteiger partial charge is 0.233 e. The zero-order valence-corrected chi connectivity index (χ0v) is 9.49. The van der Waals surface area contributed by atoms with Gasteiger partial charge in [-0.25, -0.2) is 0 Å². The molecule has 1 fully saturated rings. The van der Waals surface area contributed by atoms with Crippen LogP contribution in [0, 0.1) is 0 Å². The first kappa shape index (κ1) is 10.6. The van der Waals surface area contributed by atoms with Crippen LogP contribution in [-0.2, 0) is 0 Å². The van der Waals surface area contributed by atoms with Gasteiger partial charge in [0.15, 0.2) is 0 Å². The maximum absolute atomic E-state index is 5.70. The van der Waals surface area contributed by atoms with Crippen LogP contribution in [0.25, 0.3) is 0 Å². The standard InChI is InChI=1S/C11H19N3O/c1-3-12-8(2)10-13-14-11(15-10)9-6-4-5-7-9/h8-9,12H,3-7H2,1-2H3. The van der Waals surface area contributed by atoms with Crippen LogP contribution in [0.4, 0.5) is 0 Å². The Kier molecular flexibility index (Phi) is 3.36. The normalized spacial score (nSPS) is 19.6. The summed E-state index contributed by atoms with van der Waals surface area (Å²) in [5, 5.41) is 11.5. The van der Waals surface area contributed by atoms with Crippen LogP contribution in [-0.4, -0.2) is 16.7 Å². The molecule has 1 unspecified atom stereocenters. The fourth-order valence-corrected chi connectivity index (χ4v) is 2.15. The lowest BCUT2D eigenvalue weighted by Gasteiger charge is -2.06. The number of hydrogen-bond donors (Lipinski definition) is 1. The summed E-state index contributed by atoms with van der Waals surface area (Å²) in [5.41, 5.74) is 0. The van der Waals surface area contributed by atoms with Crippen molar-refractivity contribution >= 4 is 0 Å². The monoisotopic (exact) mass is 209 g/mol. The van der Waals surface area contributed by atoms with Crippen LogP contribution in [0.1, 0.15) is 63.3 Å². The molecule has 84 valence electrons. The van der Waals surface area contributed by atoms with Crippen molar-refractivity contribution < 1.29 is 4.42 Å². The summed E-state index contributed by atoms with van der Waals surface area (Å²) in [7, 11) is 0. The lowest BCUT2D eigenvalue weighted by molar-refractivity contribution is 0.377. The van der Waals surface area contributed by atoms with E-state index in [0.29, 0.717) is 5.92 Å². The van der Waals surface area contributed by atoms with Gasteiger partial charge in [-0.3, -0.25) is 0 Å². The first-order chi connectivity index (χ1) is 7.31. The number of aromatic nitrogens is 2. The molecule has 0 aromatic carbocycles. The SMILES string of the molecule is CCNC(C)c1nnc(C2CCCC2)o1. The average molecular weight is 209 g/mol. The van der Waals surface area contributed by atoms with Crippen molar-refractivity contribution in [3.05, 3.63) is 11.8 Å². The fourth-order valence-electron chi connectivity index (χ4n) is 2.15. The Balaban J connectivity index is 2.02. The number of nitrogens with zero attached hydrogens (tertiary/aromatic N) is 2. The van der Waals surface area contributed by atoms with E-state index in [9.17, 15) is 0 Å². The van der Waals surface area contributed by atoms with Gasteiger partial charge < -0.3 is 9.73 Å². The molecule has 1 aromatic rings. The zero-order chi connectivity index (χ0) is 10.7. The van der Waals surface area contributed by atoms with E-state index in [2.05, 4.69) is 29.4 Å². The van der Waals surface area contributed by atoms with Gasteiger partial charge in [0.2, 0.25) is 11.8 Å². The first-order valence-electron chi connectivity index (χ1n) is 5.88. The van der Waals surface area contributed by atoms with Crippen LogP contribution in [0.2, 0.25) is 0 Å². The van der Waals surface area contributed by atoms with E-state index in [1.54, 1.807) is 0 Å². The molecule has 0 saturated heterocycles. The topological polar surface area (TPSA) is 51.0 Å². The third-order valence-corrected chi connectivity index (χ3v) is 3.04. The number of nitrogens with one attached hydrogen (secondary N) is 1. The molecule has 1 saturated carbocycles. The molecule has 1 heterocycles. The highest BCUT2D eigenvalue weighted by molar-refractivity contribution is 4.96. The number of rotatable bonds is 4. The minimum Gasteiger partial charge on any atom is -0.423 e. The molecule has 4 nitrogen and oxygen atoms in total. The molecular formula is C11H19N3O. The molecule has 0 bridgehead atoms. The Morgan fingerprint density at radius 2 is 2.13 bits per heavy atom. The van der Waals surface area contributed by atoms with Crippen molar-refractivity contribution in [2.45, 2.75) is 51.5 Å². The van der Waals surface area contributed by atoms with E-state index in [0.717, 1.165) is 18.3 Å². The summed E-state index contributed by atoms with van der Waals surface area (Å²) in [5.74, 6) is 2.08. The van der Waals surface area contributed by atoms with Crippen molar-refractivity contribution in [2.75, 3.05) is 6.54 Å². The average Bonchev–Trinajstić information content (AvgIpc) is 2.89. The Labute approximate surface area is 90.5 Å². The van der Waals surface area contributed by atoms with Crippen LogP contribution < -0.4 is 5.32 Å². The Morgan fingerprint density at radius 3 is 2.80 bits per heavy atom. The minimum atomic E-state index is 0.164. The third kappa shape index (κ3) is 2.37. The van der Waals surface area contributed by atoms with E-state index < -0.39 is 0 Å². The van der Waals surface area contributed by atoms with Gasteiger partial charge in [-0.2, -0.15) is 0 Å². The molecule has 2 rings (SSSR count). The van der Waals surface area contributed by atoms with Gasteiger partial charge in [0, 0.05) is 5.92 Å². The van der Waals surface area contributed by atoms with Gasteiger partial charge >= 0.3 is 0 Å². The third-order valence-electron chi connectivity index (χ3n) is 3.04. The quantitative estimate of drug-likeness (QED) is 0.827. The van der Waals surface area contributed by atoms with Gasteiger partial charge in [0.05, 0.1) is 6.04 Å². The minimum absolute atomic E-state index is 0.164. The van der Waals surface area contributed by atoms with Gasteiger partial charge in [0.1, 0.15) is 0 Å². The highest BCUT2D eigenvalue weighted by Crippen LogP contribution is 2.33.